The first-order valence-corrected chi connectivity index (χ1v) is 8.78. The Bertz CT molecular complexity index is 931. The number of ether oxygens (including phenoxy) is 1. The Morgan fingerprint density at radius 2 is 1.85 bits per heavy atom. The largest absolute Gasteiger partial charge is 0.457 e. The molecular weight excluding hydrogens is 350 g/mol. The summed E-state index contributed by atoms with van der Waals surface area (Å²) < 4.78 is 6.24. The van der Waals surface area contributed by atoms with Crippen LogP contribution in [0.3, 0.4) is 0 Å². The summed E-state index contributed by atoms with van der Waals surface area (Å²) in [6, 6.07) is 9.08. The first-order valence-electron chi connectivity index (χ1n) is 8.78. The van der Waals surface area contributed by atoms with Crippen LogP contribution in [0.1, 0.15) is 48.5 Å². The lowest BCUT2D eigenvalue weighted by atomic mass is 9.97. The second-order valence-electron chi connectivity index (χ2n) is 6.07. The van der Waals surface area contributed by atoms with E-state index in [4.69, 9.17) is 10.5 Å². The Morgan fingerprint density at radius 1 is 1.19 bits per heavy atom. The van der Waals surface area contributed by atoms with Crippen LogP contribution < -0.4 is 17.0 Å². The van der Waals surface area contributed by atoms with Gasteiger partial charge in [0, 0.05) is 6.54 Å². The second kappa shape index (κ2) is 8.98. The highest BCUT2D eigenvalue weighted by atomic mass is 16.5. The van der Waals surface area contributed by atoms with Crippen molar-refractivity contribution in [2.75, 3.05) is 12.3 Å². The maximum absolute atomic E-state index is 12.4. The Hall–Kier alpha value is -3.16. The van der Waals surface area contributed by atoms with E-state index >= 15 is 0 Å². The fraction of sp³-hybridized carbons (Fsp3) is 0.368. The van der Waals surface area contributed by atoms with Crippen molar-refractivity contribution < 1.29 is 14.3 Å². The molecule has 0 aliphatic heterocycles. The molecule has 8 nitrogen and oxygen atoms in total. The molecule has 0 fully saturated rings. The highest BCUT2D eigenvalue weighted by Gasteiger charge is 2.24. The van der Waals surface area contributed by atoms with Gasteiger partial charge in [-0.15, -0.1) is 0 Å². The van der Waals surface area contributed by atoms with Gasteiger partial charge in [-0.25, -0.2) is 4.79 Å². The maximum Gasteiger partial charge on any atom is 0.329 e. The number of benzene rings is 1. The van der Waals surface area contributed by atoms with Crippen LogP contribution in [0.15, 0.2) is 39.9 Å². The number of nitrogens with zero attached hydrogens (tertiary/aromatic N) is 1. The molecule has 1 atom stereocenters. The number of Topliss-reactive ketones (excluding diaryl/α,β-unsaturated/α-hetero) is 1. The summed E-state index contributed by atoms with van der Waals surface area (Å²) in [4.78, 5) is 50.7. The Labute approximate surface area is 156 Å². The second-order valence-corrected chi connectivity index (χ2v) is 6.07. The highest BCUT2D eigenvalue weighted by molar-refractivity contribution is 6.01. The fourth-order valence-electron chi connectivity index (χ4n) is 2.84. The topological polar surface area (TPSA) is 124 Å². The molecule has 0 saturated heterocycles. The smallest absolute Gasteiger partial charge is 0.329 e. The zero-order valence-electron chi connectivity index (χ0n) is 15.4. The monoisotopic (exact) mass is 373 g/mol. The molecule has 144 valence electrons. The number of carbonyl (C=O) groups is 2. The van der Waals surface area contributed by atoms with Gasteiger partial charge in [-0.1, -0.05) is 44.2 Å². The van der Waals surface area contributed by atoms with Crippen LogP contribution in [0.4, 0.5) is 5.82 Å². The number of rotatable bonds is 8. The van der Waals surface area contributed by atoms with Gasteiger partial charge in [0.1, 0.15) is 11.4 Å². The standard InChI is InChI=1S/C19H23N3O5/c1-3-10-22-16(20)15(17(24)21-19(22)26)14(23)11-27-18(25)13(4-2)12-8-6-5-7-9-12/h5-9,13H,3-4,10-11,20H2,1-2H3,(H,21,24,26)/t13-/m1/s1. The van der Waals surface area contributed by atoms with Gasteiger partial charge >= 0.3 is 11.7 Å². The van der Waals surface area contributed by atoms with E-state index in [-0.39, 0.29) is 17.9 Å². The number of H-pyrrole nitrogens is 1. The lowest BCUT2D eigenvalue weighted by Crippen LogP contribution is -2.37. The number of nitrogens with one attached hydrogen (secondary N) is 1. The Balaban J connectivity index is 2.18. The molecule has 0 aliphatic rings. The lowest BCUT2D eigenvalue weighted by molar-refractivity contribution is -0.144. The predicted octanol–water partition coefficient (Wildman–Crippen LogP) is 1.45. The molecule has 2 aromatic rings. The number of esters is 1. The van der Waals surface area contributed by atoms with Gasteiger partial charge in [0.15, 0.2) is 6.61 Å². The van der Waals surface area contributed by atoms with Crippen molar-refractivity contribution in [3.05, 3.63) is 62.3 Å². The molecule has 1 heterocycles. The number of hydrogen-bond donors (Lipinski definition) is 2. The van der Waals surface area contributed by atoms with Crippen LogP contribution in [-0.2, 0) is 16.1 Å². The molecule has 1 aromatic heterocycles. The van der Waals surface area contributed by atoms with Gasteiger partial charge in [-0.3, -0.25) is 23.9 Å². The van der Waals surface area contributed by atoms with E-state index in [1.54, 1.807) is 12.1 Å². The number of hydrogen-bond acceptors (Lipinski definition) is 6. The van der Waals surface area contributed by atoms with Crippen molar-refractivity contribution in [2.45, 2.75) is 39.2 Å². The zero-order valence-corrected chi connectivity index (χ0v) is 15.4. The number of ketones is 1. The molecule has 0 bridgehead atoms. The summed E-state index contributed by atoms with van der Waals surface area (Å²) >= 11 is 0. The first-order chi connectivity index (χ1) is 12.9. The minimum absolute atomic E-state index is 0.221. The lowest BCUT2D eigenvalue weighted by Gasteiger charge is -2.15. The molecular formula is C19H23N3O5. The van der Waals surface area contributed by atoms with Crippen molar-refractivity contribution in [1.82, 2.24) is 9.55 Å². The number of nitrogen functional groups attached to an aromatic ring is 1. The van der Waals surface area contributed by atoms with Crippen LogP contribution in [0.2, 0.25) is 0 Å². The molecule has 2 rings (SSSR count). The van der Waals surface area contributed by atoms with Gasteiger partial charge in [-0.2, -0.15) is 0 Å². The fourth-order valence-corrected chi connectivity index (χ4v) is 2.84. The van der Waals surface area contributed by atoms with E-state index in [0.29, 0.717) is 12.8 Å². The van der Waals surface area contributed by atoms with E-state index < -0.39 is 35.5 Å². The molecule has 0 saturated carbocycles. The molecule has 1 aromatic carbocycles. The maximum atomic E-state index is 12.4. The third-order valence-electron chi connectivity index (χ3n) is 4.21. The van der Waals surface area contributed by atoms with Crippen LogP contribution in [0.25, 0.3) is 0 Å². The molecule has 27 heavy (non-hydrogen) atoms. The van der Waals surface area contributed by atoms with Crippen molar-refractivity contribution in [1.29, 1.82) is 0 Å². The number of aromatic nitrogens is 2. The quantitative estimate of drug-likeness (QED) is 0.533. The van der Waals surface area contributed by atoms with Crippen molar-refractivity contribution in [2.24, 2.45) is 0 Å². The summed E-state index contributed by atoms with van der Waals surface area (Å²) in [6.07, 6.45) is 1.09. The van der Waals surface area contributed by atoms with Gasteiger partial charge in [0.25, 0.3) is 5.56 Å². The third-order valence-corrected chi connectivity index (χ3v) is 4.21. The summed E-state index contributed by atoms with van der Waals surface area (Å²) in [5, 5.41) is 0. The van der Waals surface area contributed by atoms with E-state index in [9.17, 15) is 19.2 Å². The van der Waals surface area contributed by atoms with Gasteiger partial charge < -0.3 is 10.5 Å². The van der Waals surface area contributed by atoms with Gasteiger partial charge in [0.2, 0.25) is 5.78 Å². The third kappa shape index (κ3) is 4.52. The van der Waals surface area contributed by atoms with E-state index in [0.717, 1.165) is 10.1 Å². The van der Waals surface area contributed by atoms with Crippen molar-refractivity contribution in [3.63, 3.8) is 0 Å². The minimum Gasteiger partial charge on any atom is -0.457 e. The van der Waals surface area contributed by atoms with Crippen LogP contribution >= 0.6 is 0 Å². The minimum atomic E-state index is -0.888. The normalized spacial score (nSPS) is 11.8. The summed E-state index contributed by atoms with van der Waals surface area (Å²) in [7, 11) is 0. The van der Waals surface area contributed by atoms with Crippen LogP contribution in [0, 0.1) is 0 Å². The average molecular weight is 373 g/mol. The number of nitrogens with two attached hydrogens (primary N) is 1. The van der Waals surface area contributed by atoms with Crippen LogP contribution in [0.5, 0.6) is 0 Å². The Kier molecular flexibility index (Phi) is 6.70. The average Bonchev–Trinajstić information content (AvgIpc) is 2.64. The molecule has 8 heteroatoms. The number of anilines is 1. The van der Waals surface area contributed by atoms with E-state index in [1.807, 2.05) is 32.0 Å². The van der Waals surface area contributed by atoms with Crippen LogP contribution in [-0.4, -0.2) is 27.9 Å². The SMILES string of the molecule is CCCn1c(N)c(C(=O)COC(=O)[C@H](CC)c2ccccc2)c(=O)[nH]c1=O. The number of carbonyl (C=O) groups excluding carboxylic acids is 2. The Morgan fingerprint density at radius 3 is 2.44 bits per heavy atom. The van der Waals surface area contributed by atoms with Gasteiger partial charge in [-0.05, 0) is 18.4 Å². The molecule has 0 unspecified atom stereocenters. The summed E-state index contributed by atoms with van der Waals surface area (Å²) in [6.45, 7) is 3.30. The molecule has 3 N–H and O–H groups in total. The summed E-state index contributed by atoms with van der Waals surface area (Å²) in [5.41, 5.74) is 4.68. The van der Waals surface area contributed by atoms with Crippen molar-refractivity contribution in [3.8, 4) is 0 Å². The molecule has 0 amide bonds. The number of aromatic amines is 1. The summed E-state index contributed by atoms with van der Waals surface area (Å²) in [5.74, 6) is -2.05. The van der Waals surface area contributed by atoms with E-state index in [2.05, 4.69) is 4.98 Å². The van der Waals surface area contributed by atoms with Gasteiger partial charge in [0.05, 0.1) is 5.92 Å². The molecule has 0 radical (unpaired) electrons. The highest BCUT2D eigenvalue weighted by Crippen LogP contribution is 2.20. The molecule has 0 aliphatic carbocycles. The van der Waals surface area contributed by atoms with E-state index in [1.165, 1.54) is 0 Å². The molecule has 0 spiro atoms. The predicted molar refractivity (Wildman–Crippen MR) is 101 cm³/mol. The first kappa shape index (κ1) is 20.2. The zero-order chi connectivity index (χ0) is 20.0. The van der Waals surface area contributed by atoms with Crippen molar-refractivity contribution >= 4 is 17.6 Å².